The first-order valence-electron chi connectivity index (χ1n) is 9.07. The lowest BCUT2D eigenvalue weighted by atomic mass is 10.1. The Morgan fingerprint density at radius 2 is 2.17 bits per heavy atom. The van der Waals surface area contributed by atoms with Crippen molar-refractivity contribution in [3.05, 3.63) is 57.3 Å². The monoisotopic (exact) mass is 394 g/mol. The van der Waals surface area contributed by atoms with Gasteiger partial charge in [0.25, 0.3) is 5.91 Å². The van der Waals surface area contributed by atoms with Crippen molar-refractivity contribution in [1.82, 2.24) is 9.55 Å². The molecule has 2 N–H and O–H groups in total. The van der Waals surface area contributed by atoms with Gasteiger partial charge in [-0.1, -0.05) is 0 Å². The van der Waals surface area contributed by atoms with Gasteiger partial charge in [-0.25, -0.2) is 4.79 Å². The highest BCUT2D eigenvalue weighted by Crippen LogP contribution is 2.23. The zero-order chi connectivity index (χ0) is 21.1. The summed E-state index contributed by atoms with van der Waals surface area (Å²) in [7, 11) is 1.65. The summed E-state index contributed by atoms with van der Waals surface area (Å²) in [4.78, 5) is 26.4. The number of carbonyl (C=O) groups is 1. The molecule has 3 aromatic rings. The summed E-state index contributed by atoms with van der Waals surface area (Å²) in [6.45, 7) is 6.53. The summed E-state index contributed by atoms with van der Waals surface area (Å²) in [5.74, 6) is -1.11. The highest BCUT2D eigenvalue weighted by Gasteiger charge is 2.16. The quantitative estimate of drug-likeness (QED) is 0.492. The number of rotatable bonds is 6. The summed E-state index contributed by atoms with van der Waals surface area (Å²) in [5.41, 5.74) is 4.04. The number of carbonyl (C=O) groups excluding carboxylic acids is 1. The molecule has 0 saturated carbocycles. The Balaban J connectivity index is 1.87. The van der Waals surface area contributed by atoms with Gasteiger partial charge in [0.15, 0.2) is 5.58 Å². The maximum atomic E-state index is 12.6. The average molecular weight is 394 g/mol. The molecular formula is C21H22N4O4. The van der Waals surface area contributed by atoms with Crippen LogP contribution in [0.4, 0.5) is 5.69 Å². The average Bonchev–Trinajstić information content (AvgIpc) is 3.17. The van der Waals surface area contributed by atoms with Crippen molar-refractivity contribution in [3.63, 3.8) is 0 Å². The van der Waals surface area contributed by atoms with Crippen LogP contribution in [0.1, 0.15) is 29.9 Å². The maximum absolute atomic E-state index is 12.6. The fourth-order valence-electron chi connectivity index (χ4n) is 3.47. The summed E-state index contributed by atoms with van der Waals surface area (Å²) in [5, 5.41) is 12.2. The van der Waals surface area contributed by atoms with Gasteiger partial charge < -0.3 is 19.0 Å². The molecule has 0 bridgehead atoms. The van der Waals surface area contributed by atoms with Gasteiger partial charge in [0.05, 0.1) is 18.2 Å². The van der Waals surface area contributed by atoms with Crippen LogP contribution in [0.3, 0.4) is 0 Å². The Bertz CT molecular complexity index is 1190. The van der Waals surface area contributed by atoms with Crippen LogP contribution in [0.5, 0.6) is 0 Å². The Kier molecular flexibility index (Phi) is 5.71. The molecule has 1 amide bonds. The van der Waals surface area contributed by atoms with E-state index in [9.17, 15) is 14.9 Å². The van der Waals surface area contributed by atoms with Crippen molar-refractivity contribution in [1.29, 1.82) is 5.26 Å². The van der Waals surface area contributed by atoms with Gasteiger partial charge in [-0.15, -0.1) is 0 Å². The molecule has 0 aliphatic rings. The Hall–Kier alpha value is -3.57. The first-order valence-corrected chi connectivity index (χ1v) is 9.07. The number of methoxy groups -OCH3 is 1. The van der Waals surface area contributed by atoms with Gasteiger partial charge in [-0.2, -0.15) is 5.26 Å². The molecule has 0 aliphatic carbocycles. The zero-order valence-electron chi connectivity index (χ0n) is 16.7. The number of aromatic amines is 1. The van der Waals surface area contributed by atoms with E-state index in [2.05, 4.69) is 14.9 Å². The van der Waals surface area contributed by atoms with E-state index in [-0.39, 0.29) is 11.6 Å². The van der Waals surface area contributed by atoms with Crippen LogP contribution in [-0.2, 0) is 9.53 Å². The minimum Gasteiger partial charge on any atom is -0.408 e. The molecule has 8 heteroatoms. The highest BCUT2D eigenvalue weighted by molar-refractivity contribution is 6.10. The van der Waals surface area contributed by atoms with Crippen LogP contribution in [0.25, 0.3) is 17.2 Å². The van der Waals surface area contributed by atoms with Crippen LogP contribution in [-0.4, -0.2) is 29.2 Å². The molecule has 0 radical (unpaired) electrons. The Labute approximate surface area is 167 Å². The minimum absolute atomic E-state index is 0.0228. The standard InChI is InChI=1S/C21H22N4O4/c1-12-7-15(14(3)25(12)13(2)11-28-4)8-16(10-22)20(26)23-17-5-6-19-18(9-17)24-21(27)29-19/h5-9,13H,11H2,1-4H3,(H,23,26)(H,24,27)/b16-8+. The van der Waals surface area contributed by atoms with E-state index in [4.69, 9.17) is 9.15 Å². The van der Waals surface area contributed by atoms with Crippen LogP contribution in [0.2, 0.25) is 0 Å². The van der Waals surface area contributed by atoms with Gasteiger partial charge in [0.1, 0.15) is 11.6 Å². The molecule has 0 fully saturated rings. The number of nitriles is 1. The number of nitrogens with one attached hydrogen (secondary N) is 2. The number of benzene rings is 1. The molecule has 8 nitrogen and oxygen atoms in total. The van der Waals surface area contributed by atoms with Crippen molar-refractivity contribution in [2.24, 2.45) is 0 Å². The lowest BCUT2D eigenvalue weighted by molar-refractivity contribution is -0.112. The number of hydrogen-bond donors (Lipinski definition) is 2. The number of aromatic nitrogens is 2. The second-order valence-corrected chi connectivity index (χ2v) is 6.85. The summed E-state index contributed by atoms with van der Waals surface area (Å²) >= 11 is 0. The first kappa shape index (κ1) is 20.2. The molecule has 1 unspecified atom stereocenters. The third-order valence-electron chi connectivity index (χ3n) is 4.71. The topological polar surface area (TPSA) is 113 Å². The zero-order valence-corrected chi connectivity index (χ0v) is 16.7. The minimum atomic E-state index is -0.570. The summed E-state index contributed by atoms with van der Waals surface area (Å²) < 4.78 is 12.3. The normalized spacial score (nSPS) is 12.7. The molecule has 0 saturated heterocycles. The van der Waals surface area contributed by atoms with Crippen molar-refractivity contribution in [3.8, 4) is 6.07 Å². The SMILES string of the molecule is COCC(C)n1c(C)cc(/C=C(\C#N)C(=O)Nc2ccc3oc(=O)[nH]c3c2)c1C. The Morgan fingerprint density at radius 3 is 2.86 bits per heavy atom. The molecule has 2 aromatic heterocycles. The highest BCUT2D eigenvalue weighted by atomic mass is 16.5. The molecule has 1 atom stereocenters. The lowest BCUT2D eigenvalue weighted by Crippen LogP contribution is -2.14. The molecular weight excluding hydrogens is 372 g/mol. The van der Waals surface area contributed by atoms with Crippen molar-refractivity contribution in [2.45, 2.75) is 26.8 Å². The predicted molar refractivity (Wildman–Crippen MR) is 110 cm³/mol. The van der Waals surface area contributed by atoms with Gasteiger partial charge in [0.2, 0.25) is 0 Å². The van der Waals surface area contributed by atoms with Crippen LogP contribution in [0.15, 0.2) is 39.1 Å². The fourth-order valence-corrected chi connectivity index (χ4v) is 3.47. The van der Waals surface area contributed by atoms with Crippen molar-refractivity contribution >= 4 is 28.8 Å². The van der Waals surface area contributed by atoms with Gasteiger partial charge in [-0.05, 0) is 56.7 Å². The number of ether oxygens (including phenoxy) is 1. The van der Waals surface area contributed by atoms with Gasteiger partial charge in [-0.3, -0.25) is 9.78 Å². The van der Waals surface area contributed by atoms with E-state index in [1.54, 1.807) is 31.4 Å². The smallest absolute Gasteiger partial charge is 0.408 e. The van der Waals surface area contributed by atoms with Gasteiger partial charge in [0, 0.05) is 24.2 Å². The molecule has 1 aromatic carbocycles. The number of H-pyrrole nitrogens is 1. The van der Waals surface area contributed by atoms with Crippen molar-refractivity contribution in [2.75, 3.05) is 19.0 Å². The maximum Gasteiger partial charge on any atom is 0.417 e. The molecule has 150 valence electrons. The molecule has 2 heterocycles. The molecule has 29 heavy (non-hydrogen) atoms. The van der Waals surface area contributed by atoms with E-state index < -0.39 is 11.7 Å². The van der Waals surface area contributed by atoms with E-state index in [0.29, 0.717) is 23.4 Å². The molecule has 0 spiro atoms. The van der Waals surface area contributed by atoms with E-state index in [1.807, 2.05) is 32.9 Å². The fraction of sp³-hybridized carbons (Fsp3) is 0.286. The first-order chi connectivity index (χ1) is 13.8. The summed E-state index contributed by atoms with van der Waals surface area (Å²) in [6, 6.07) is 8.78. The predicted octanol–water partition coefficient (Wildman–Crippen LogP) is 3.29. The molecule has 3 rings (SSSR count). The second kappa shape index (κ2) is 8.20. The number of hydrogen-bond acceptors (Lipinski definition) is 5. The van der Waals surface area contributed by atoms with Crippen molar-refractivity contribution < 1.29 is 13.9 Å². The number of nitrogens with zero attached hydrogens (tertiary/aromatic N) is 2. The van der Waals surface area contributed by atoms with E-state index >= 15 is 0 Å². The number of amides is 1. The number of anilines is 1. The Morgan fingerprint density at radius 1 is 1.41 bits per heavy atom. The number of oxazole rings is 1. The van der Waals surface area contributed by atoms with E-state index in [0.717, 1.165) is 17.0 Å². The second-order valence-electron chi connectivity index (χ2n) is 6.85. The third-order valence-corrected chi connectivity index (χ3v) is 4.71. The van der Waals surface area contributed by atoms with Crippen LogP contribution in [0, 0.1) is 25.2 Å². The molecule has 0 aliphatic heterocycles. The van der Waals surface area contributed by atoms with Crippen LogP contribution >= 0.6 is 0 Å². The largest absolute Gasteiger partial charge is 0.417 e. The number of fused-ring (bicyclic) bond motifs is 1. The van der Waals surface area contributed by atoms with Gasteiger partial charge >= 0.3 is 5.76 Å². The lowest BCUT2D eigenvalue weighted by Gasteiger charge is -2.17. The van der Waals surface area contributed by atoms with Crippen LogP contribution < -0.4 is 11.1 Å². The third kappa shape index (κ3) is 4.15. The van der Waals surface area contributed by atoms with E-state index in [1.165, 1.54) is 0 Å². The summed E-state index contributed by atoms with van der Waals surface area (Å²) in [6.07, 6.45) is 1.58. The number of aryl methyl sites for hydroxylation is 1.